The topological polar surface area (TPSA) is 93.2 Å². The van der Waals surface area contributed by atoms with Crippen LogP contribution in [0.1, 0.15) is 63.9 Å². The largest absolute Gasteiger partial charge is 0.388 e. The molecule has 1 saturated heterocycles. The first-order chi connectivity index (χ1) is 16.0. The number of aliphatic hydroxyl groups excluding tert-OH is 1. The number of benzene rings is 1. The second kappa shape index (κ2) is 8.59. The van der Waals surface area contributed by atoms with Crippen LogP contribution >= 0.6 is 0 Å². The van der Waals surface area contributed by atoms with E-state index in [1.807, 2.05) is 32.2 Å². The van der Waals surface area contributed by atoms with Crippen LogP contribution in [-0.2, 0) is 26.5 Å². The third kappa shape index (κ3) is 3.68. The third-order valence-electron chi connectivity index (χ3n) is 7.11. The number of carbonyl (C=O) groups excluding carboxylic acids is 1. The zero-order valence-corrected chi connectivity index (χ0v) is 19.1. The minimum absolute atomic E-state index is 0.0177. The number of likely N-dealkylation sites (tertiary alicyclic amines) is 1. The smallest absolute Gasteiger partial charge is 0.268 e. The van der Waals surface area contributed by atoms with Gasteiger partial charge in [0.15, 0.2) is 5.82 Å². The van der Waals surface area contributed by atoms with E-state index in [2.05, 4.69) is 16.3 Å². The lowest BCUT2D eigenvalue weighted by Crippen LogP contribution is -2.42. The van der Waals surface area contributed by atoms with Gasteiger partial charge in [0.25, 0.3) is 11.5 Å². The van der Waals surface area contributed by atoms with Gasteiger partial charge in [-0.2, -0.15) is 0 Å². The van der Waals surface area contributed by atoms with Gasteiger partial charge in [0.2, 0.25) is 0 Å². The molecule has 2 aliphatic rings. The first kappa shape index (κ1) is 21.6. The number of hydrogen-bond donors (Lipinski definition) is 1. The van der Waals surface area contributed by atoms with Crippen LogP contribution in [0, 0.1) is 6.92 Å². The molecule has 1 atom stereocenters. The number of aromatic nitrogens is 4. The molecule has 1 unspecified atom stereocenters. The zero-order chi connectivity index (χ0) is 23.1. The van der Waals surface area contributed by atoms with Crippen LogP contribution in [-0.4, -0.2) is 48.3 Å². The summed E-state index contributed by atoms with van der Waals surface area (Å²) >= 11 is 0. The van der Waals surface area contributed by atoms with Gasteiger partial charge in [-0.05, 0) is 67.9 Å². The van der Waals surface area contributed by atoms with Gasteiger partial charge in [-0.25, -0.2) is 0 Å². The third-order valence-corrected chi connectivity index (χ3v) is 7.11. The molecule has 0 bridgehead atoms. The molecule has 8 heteroatoms. The highest BCUT2D eigenvalue weighted by atomic mass is 16.3. The summed E-state index contributed by atoms with van der Waals surface area (Å²) in [5.41, 5.74) is 4.05. The van der Waals surface area contributed by atoms with Gasteiger partial charge >= 0.3 is 0 Å². The molecule has 1 aliphatic heterocycles. The van der Waals surface area contributed by atoms with Crippen molar-refractivity contribution < 1.29 is 9.90 Å². The van der Waals surface area contributed by atoms with Crippen LogP contribution < -0.4 is 5.56 Å². The number of piperidine rings is 1. The maximum atomic E-state index is 13.6. The summed E-state index contributed by atoms with van der Waals surface area (Å²) < 4.78 is 3.44. The molecular formula is C25H29N5O3. The molecule has 33 heavy (non-hydrogen) atoms. The number of amides is 1. The number of nitrogens with zero attached hydrogens (tertiary/aromatic N) is 5. The molecular weight excluding hydrogens is 418 g/mol. The van der Waals surface area contributed by atoms with Crippen molar-refractivity contribution in [2.24, 2.45) is 7.05 Å². The molecule has 0 spiro atoms. The molecule has 5 rings (SSSR count). The SMILES string of the molecule is Cc1ccn(-c2cccc3c2CCC3)c(=O)c1C(=O)N1CCCC(c2nnc(CO)n2C)C1. The molecule has 172 valence electrons. The van der Waals surface area contributed by atoms with Crippen molar-refractivity contribution >= 4 is 5.91 Å². The Kier molecular flexibility index (Phi) is 5.62. The van der Waals surface area contributed by atoms with E-state index in [9.17, 15) is 14.7 Å². The van der Waals surface area contributed by atoms with Crippen LogP contribution in [0.25, 0.3) is 5.69 Å². The Morgan fingerprint density at radius 2 is 2.03 bits per heavy atom. The van der Waals surface area contributed by atoms with Crippen LogP contribution in [0.5, 0.6) is 0 Å². The average Bonchev–Trinajstić information content (AvgIpc) is 3.45. The average molecular weight is 448 g/mol. The predicted molar refractivity (Wildman–Crippen MR) is 124 cm³/mol. The summed E-state index contributed by atoms with van der Waals surface area (Å²) in [6, 6.07) is 7.95. The summed E-state index contributed by atoms with van der Waals surface area (Å²) in [4.78, 5) is 29.0. The van der Waals surface area contributed by atoms with E-state index in [0.717, 1.165) is 43.6 Å². The van der Waals surface area contributed by atoms with Gasteiger partial charge < -0.3 is 14.6 Å². The molecule has 1 N–H and O–H groups in total. The summed E-state index contributed by atoms with van der Waals surface area (Å²) in [5.74, 6) is 1.06. The van der Waals surface area contributed by atoms with Crippen molar-refractivity contribution in [1.29, 1.82) is 0 Å². The lowest BCUT2D eigenvalue weighted by molar-refractivity contribution is 0.0700. The summed E-state index contributed by atoms with van der Waals surface area (Å²) in [5, 5.41) is 17.7. The number of aryl methyl sites for hydroxylation is 2. The van der Waals surface area contributed by atoms with Crippen molar-refractivity contribution in [3.05, 3.63) is 74.7 Å². The van der Waals surface area contributed by atoms with Gasteiger partial charge in [-0.3, -0.25) is 14.2 Å². The maximum absolute atomic E-state index is 13.6. The fraction of sp³-hybridized carbons (Fsp3) is 0.440. The number of hydrogen-bond acceptors (Lipinski definition) is 5. The zero-order valence-electron chi connectivity index (χ0n) is 19.1. The molecule has 0 radical (unpaired) electrons. The molecule has 1 aromatic carbocycles. The van der Waals surface area contributed by atoms with Gasteiger partial charge in [0, 0.05) is 32.3 Å². The highest BCUT2D eigenvalue weighted by Gasteiger charge is 2.31. The molecule has 2 aromatic heterocycles. The minimum atomic E-state index is -0.261. The van der Waals surface area contributed by atoms with Gasteiger partial charge in [-0.15, -0.1) is 10.2 Å². The quantitative estimate of drug-likeness (QED) is 0.662. The highest BCUT2D eigenvalue weighted by molar-refractivity contribution is 5.95. The summed E-state index contributed by atoms with van der Waals surface area (Å²) in [7, 11) is 1.83. The fourth-order valence-corrected chi connectivity index (χ4v) is 5.30. The maximum Gasteiger partial charge on any atom is 0.268 e. The summed E-state index contributed by atoms with van der Waals surface area (Å²) in [6.45, 7) is 2.73. The molecule has 1 amide bonds. The molecule has 0 saturated carbocycles. The van der Waals surface area contributed by atoms with E-state index in [1.165, 1.54) is 11.1 Å². The number of carbonyl (C=O) groups is 1. The number of pyridine rings is 1. The standard InChI is InChI=1S/C25H29N5O3/c1-16-11-13-30(20-10-4-7-17-6-3-9-19(17)20)25(33)22(16)24(32)29-12-5-8-18(14-29)23-27-26-21(15-31)28(23)2/h4,7,10-11,13,18,31H,3,5-6,8-9,12,14-15H2,1-2H3. The van der Waals surface area contributed by atoms with Crippen LogP contribution in [0.3, 0.4) is 0 Å². The normalized spacial score (nSPS) is 17.9. The Hall–Kier alpha value is -3.26. The van der Waals surface area contributed by atoms with E-state index < -0.39 is 0 Å². The number of aliphatic hydroxyl groups is 1. The first-order valence-electron chi connectivity index (χ1n) is 11.6. The second-order valence-electron chi connectivity index (χ2n) is 9.10. The van der Waals surface area contributed by atoms with Gasteiger partial charge in [0.05, 0.1) is 5.69 Å². The molecule has 1 fully saturated rings. The Balaban J connectivity index is 1.48. The lowest BCUT2D eigenvalue weighted by atomic mass is 9.96. The molecule has 1 aliphatic carbocycles. The fourth-order valence-electron chi connectivity index (χ4n) is 5.30. The predicted octanol–water partition coefficient (Wildman–Crippen LogP) is 2.28. The van der Waals surface area contributed by atoms with Gasteiger partial charge in [0.1, 0.15) is 18.0 Å². The van der Waals surface area contributed by atoms with Crippen LogP contribution in [0.4, 0.5) is 0 Å². The van der Waals surface area contributed by atoms with Crippen molar-refractivity contribution in [3.8, 4) is 5.69 Å². The van der Waals surface area contributed by atoms with Crippen molar-refractivity contribution in [3.63, 3.8) is 0 Å². The Morgan fingerprint density at radius 3 is 2.82 bits per heavy atom. The van der Waals surface area contributed by atoms with Crippen molar-refractivity contribution in [2.75, 3.05) is 13.1 Å². The monoisotopic (exact) mass is 447 g/mol. The van der Waals surface area contributed by atoms with Crippen LogP contribution in [0.15, 0.2) is 35.3 Å². The summed E-state index contributed by atoms with van der Waals surface area (Å²) in [6.07, 6.45) is 6.58. The molecule has 3 aromatic rings. The first-order valence-corrected chi connectivity index (χ1v) is 11.6. The second-order valence-corrected chi connectivity index (χ2v) is 9.10. The van der Waals surface area contributed by atoms with Gasteiger partial charge in [-0.1, -0.05) is 12.1 Å². The lowest BCUT2D eigenvalue weighted by Gasteiger charge is -2.32. The van der Waals surface area contributed by atoms with E-state index in [-0.39, 0.29) is 29.6 Å². The molecule has 8 nitrogen and oxygen atoms in total. The molecule has 3 heterocycles. The van der Waals surface area contributed by atoms with E-state index in [4.69, 9.17) is 0 Å². The minimum Gasteiger partial charge on any atom is -0.388 e. The van der Waals surface area contributed by atoms with Crippen molar-refractivity contribution in [2.45, 2.75) is 51.6 Å². The van der Waals surface area contributed by atoms with E-state index >= 15 is 0 Å². The highest BCUT2D eigenvalue weighted by Crippen LogP contribution is 2.29. The van der Waals surface area contributed by atoms with E-state index in [1.54, 1.807) is 20.2 Å². The van der Waals surface area contributed by atoms with Crippen molar-refractivity contribution in [1.82, 2.24) is 24.2 Å². The Bertz CT molecular complexity index is 1280. The Morgan fingerprint density at radius 1 is 1.18 bits per heavy atom. The number of rotatable bonds is 4. The Labute approximate surface area is 192 Å². The number of fused-ring (bicyclic) bond motifs is 1. The van der Waals surface area contributed by atoms with Crippen LogP contribution in [0.2, 0.25) is 0 Å². The van der Waals surface area contributed by atoms with E-state index in [0.29, 0.717) is 24.5 Å².